The van der Waals surface area contributed by atoms with Crippen LogP contribution in [0.3, 0.4) is 0 Å². The molecule has 3 rings (SSSR count). The van der Waals surface area contributed by atoms with Crippen molar-refractivity contribution in [3.8, 4) is 0 Å². The van der Waals surface area contributed by atoms with Gasteiger partial charge in [-0.25, -0.2) is 0 Å². The molecule has 2 aliphatic rings. The predicted octanol–water partition coefficient (Wildman–Crippen LogP) is 3.56. The molecule has 0 N–H and O–H groups in total. The van der Waals surface area contributed by atoms with Crippen LogP contribution < -0.4 is 4.90 Å². The first-order valence-electron chi connectivity index (χ1n) is 8.72. The van der Waals surface area contributed by atoms with Crippen LogP contribution in [0.25, 0.3) is 0 Å². The van der Waals surface area contributed by atoms with Crippen molar-refractivity contribution in [2.24, 2.45) is 11.3 Å². The minimum absolute atomic E-state index is 0.265. The van der Waals surface area contributed by atoms with E-state index in [1.807, 2.05) is 20.8 Å². The van der Waals surface area contributed by atoms with E-state index >= 15 is 0 Å². The first-order chi connectivity index (χ1) is 10.9. The summed E-state index contributed by atoms with van der Waals surface area (Å²) in [6, 6.07) is 0.534. The third-order valence-electron chi connectivity index (χ3n) is 4.79. The molecular formula is C17H28N4OS. The van der Waals surface area contributed by atoms with Gasteiger partial charge in [0, 0.05) is 24.5 Å². The molecule has 6 heteroatoms. The first kappa shape index (κ1) is 16.8. The van der Waals surface area contributed by atoms with Gasteiger partial charge >= 0.3 is 0 Å². The Morgan fingerprint density at radius 2 is 1.83 bits per heavy atom. The number of ketones is 1. The number of nitrogens with zero attached hydrogens (tertiary/aromatic N) is 4. The number of carbonyl (C=O) groups is 1. The zero-order valence-corrected chi connectivity index (χ0v) is 15.5. The lowest BCUT2D eigenvalue weighted by atomic mass is 9.92. The number of anilines is 1. The third-order valence-corrected chi connectivity index (χ3v) is 5.74. The van der Waals surface area contributed by atoms with Crippen LogP contribution >= 0.6 is 11.8 Å². The van der Waals surface area contributed by atoms with Gasteiger partial charge in [-0.05, 0) is 31.6 Å². The van der Waals surface area contributed by atoms with E-state index in [9.17, 15) is 4.79 Å². The van der Waals surface area contributed by atoms with Gasteiger partial charge in [-0.3, -0.25) is 9.36 Å². The second-order valence-corrected chi connectivity index (χ2v) is 8.96. The summed E-state index contributed by atoms with van der Waals surface area (Å²) < 4.78 is 2.29. The van der Waals surface area contributed by atoms with Gasteiger partial charge < -0.3 is 4.90 Å². The monoisotopic (exact) mass is 336 g/mol. The van der Waals surface area contributed by atoms with Gasteiger partial charge in [-0.15, -0.1) is 10.2 Å². The molecule has 2 fully saturated rings. The number of hydrogen-bond acceptors (Lipinski definition) is 5. The van der Waals surface area contributed by atoms with E-state index < -0.39 is 0 Å². The Kier molecular flexibility index (Phi) is 4.72. The van der Waals surface area contributed by atoms with E-state index in [4.69, 9.17) is 0 Å². The highest BCUT2D eigenvalue weighted by molar-refractivity contribution is 7.99. The largest absolute Gasteiger partial charge is 0.341 e. The fourth-order valence-corrected chi connectivity index (χ4v) is 3.95. The summed E-state index contributed by atoms with van der Waals surface area (Å²) in [5.41, 5.74) is -0.288. The topological polar surface area (TPSA) is 51.0 Å². The molecule has 0 aromatic carbocycles. The van der Waals surface area contributed by atoms with Crippen molar-refractivity contribution in [3.63, 3.8) is 0 Å². The molecule has 0 amide bonds. The van der Waals surface area contributed by atoms with Crippen LogP contribution in [0.1, 0.15) is 59.4 Å². The number of piperidine rings is 1. The average molecular weight is 337 g/mol. The van der Waals surface area contributed by atoms with Crippen LogP contribution in [0.5, 0.6) is 0 Å². The van der Waals surface area contributed by atoms with Gasteiger partial charge in [0.05, 0.1) is 5.75 Å². The summed E-state index contributed by atoms with van der Waals surface area (Å²) in [6.45, 7) is 10.4. The van der Waals surface area contributed by atoms with E-state index in [1.165, 1.54) is 25.7 Å². The lowest BCUT2D eigenvalue weighted by Gasteiger charge is -2.31. The summed E-state index contributed by atoms with van der Waals surface area (Å²) in [5, 5.41) is 9.80. The number of aromatic nitrogens is 3. The number of hydrogen-bond donors (Lipinski definition) is 0. The van der Waals surface area contributed by atoms with E-state index in [1.54, 1.807) is 11.8 Å². The van der Waals surface area contributed by atoms with Crippen LogP contribution in [0, 0.1) is 11.3 Å². The van der Waals surface area contributed by atoms with Crippen LogP contribution in [0.4, 0.5) is 5.95 Å². The Bertz CT molecular complexity index is 566. The molecule has 1 saturated heterocycles. The third kappa shape index (κ3) is 3.90. The molecule has 2 heterocycles. The lowest BCUT2D eigenvalue weighted by Crippen LogP contribution is -2.34. The van der Waals surface area contributed by atoms with Gasteiger partial charge in [0.2, 0.25) is 5.95 Å². The average Bonchev–Trinajstić information content (AvgIpc) is 3.24. The molecule has 128 valence electrons. The molecule has 0 spiro atoms. The standard InChI is InChI=1S/C17H28N4OS/c1-12-7-9-20(10-8-12)15-18-19-16(21(15)13-5-6-13)23-11-14(22)17(2,3)4/h12-13H,5-11H2,1-4H3. The van der Waals surface area contributed by atoms with Crippen molar-refractivity contribution in [1.82, 2.24) is 14.8 Å². The quantitative estimate of drug-likeness (QED) is 0.770. The van der Waals surface area contributed by atoms with E-state index in [-0.39, 0.29) is 11.2 Å². The Labute approximate surface area is 143 Å². The first-order valence-corrected chi connectivity index (χ1v) is 9.71. The van der Waals surface area contributed by atoms with Crippen LogP contribution in [0.2, 0.25) is 0 Å². The fourth-order valence-electron chi connectivity index (χ4n) is 2.79. The van der Waals surface area contributed by atoms with Gasteiger partial charge in [-0.1, -0.05) is 39.5 Å². The summed E-state index contributed by atoms with van der Waals surface area (Å²) in [4.78, 5) is 14.6. The smallest absolute Gasteiger partial charge is 0.228 e. The molecule has 1 aromatic heterocycles. The highest BCUT2D eigenvalue weighted by Gasteiger charge is 2.33. The molecule has 0 unspecified atom stereocenters. The molecule has 1 aliphatic carbocycles. The van der Waals surface area contributed by atoms with E-state index in [0.717, 1.165) is 30.1 Å². The summed E-state index contributed by atoms with van der Waals surface area (Å²) in [6.07, 6.45) is 4.86. The molecule has 1 aliphatic heterocycles. The maximum absolute atomic E-state index is 12.2. The second kappa shape index (κ2) is 6.46. The zero-order chi connectivity index (χ0) is 16.6. The van der Waals surface area contributed by atoms with Gasteiger partial charge in [0.25, 0.3) is 0 Å². The normalized spacial score (nSPS) is 20.1. The van der Waals surface area contributed by atoms with Crippen molar-refractivity contribution >= 4 is 23.5 Å². The van der Waals surface area contributed by atoms with Crippen molar-refractivity contribution < 1.29 is 4.79 Å². The molecule has 5 nitrogen and oxygen atoms in total. The minimum atomic E-state index is -0.288. The SMILES string of the molecule is CC1CCN(c2nnc(SCC(=O)C(C)(C)C)n2C2CC2)CC1. The van der Waals surface area contributed by atoms with E-state index in [0.29, 0.717) is 11.8 Å². The summed E-state index contributed by atoms with van der Waals surface area (Å²) >= 11 is 1.55. The van der Waals surface area contributed by atoms with Crippen molar-refractivity contribution in [1.29, 1.82) is 0 Å². The maximum Gasteiger partial charge on any atom is 0.228 e. The van der Waals surface area contributed by atoms with Crippen LogP contribution in [0.15, 0.2) is 5.16 Å². The Balaban J connectivity index is 1.73. The molecular weight excluding hydrogens is 308 g/mol. The molecule has 0 atom stereocenters. The van der Waals surface area contributed by atoms with Gasteiger partial charge in [-0.2, -0.15) is 0 Å². The zero-order valence-electron chi connectivity index (χ0n) is 14.7. The second-order valence-electron chi connectivity index (χ2n) is 8.02. The highest BCUT2D eigenvalue weighted by atomic mass is 32.2. The lowest BCUT2D eigenvalue weighted by molar-refractivity contribution is -0.123. The Morgan fingerprint density at radius 3 is 2.39 bits per heavy atom. The van der Waals surface area contributed by atoms with Crippen LogP contribution in [-0.2, 0) is 4.79 Å². The molecule has 1 aromatic rings. The number of carbonyl (C=O) groups excluding carboxylic acids is 1. The Morgan fingerprint density at radius 1 is 1.17 bits per heavy atom. The molecule has 23 heavy (non-hydrogen) atoms. The maximum atomic E-state index is 12.2. The Hall–Kier alpha value is -1.04. The van der Waals surface area contributed by atoms with Gasteiger partial charge in [0.1, 0.15) is 5.78 Å². The van der Waals surface area contributed by atoms with E-state index in [2.05, 4.69) is 26.6 Å². The van der Waals surface area contributed by atoms with Crippen LogP contribution in [-0.4, -0.2) is 39.4 Å². The fraction of sp³-hybridized carbons (Fsp3) is 0.824. The highest BCUT2D eigenvalue weighted by Crippen LogP contribution is 2.41. The predicted molar refractivity (Wildman–Crippen MR) is 94.1 cm³/mol. The molecule has 0 radical (unpaired) electrons. The number of Topliss-reactive ketones (excluding diaryl/α,β-unsaturated/α-hetero) is 1. The molecule has 1 saturated carbocycles. The summed E-state index contributed by atoms with van der Waals surface area (Å²) in [7, 11) is 0. The van der Waals surface area contributed by atoms with Crippen molar-refractivity contribution in [3.05, 3.63) is 0 Å². The number of thioether (sulfide) groups is 1. The molecule has 0 bridgehead atoms. The number of rotatable bonds is 5. The summed E-state index contributed by atoms with van der Waals surface area (Å²) in [5.74, 6) is 2.57. The van der Waals surface area contributed by atoms with Crippen molar-refractivity contribution in [2.45, 2.75) is 64.6 Å². The minimum Gasteiger partial charge on any atom is -0.341 e. The van der Waals surface area contributed by atoms with Crippen molar-refractivity contribution in [2.75, 3.05) is 23.7 Å². The van der Waals surface area contributed by atoms with Gasteiger partial charge in [0.15, 0.2) is 5.16 Å².